The predicted molar refractivity (Wildman–Crippen MR) is 211 cm³/mol. The lowest BCUT2D eigenvalue weighted by molar-refractivity contribution is -0.311. The highest BCUT2D eigenvalue weighted by Crippen LogP contribution is 2.40. The molecule has 2 N–H and O–H groups in total. The van der Waals surface area contributed by atoms with E-state index in [0.29, 0.717) is 11.1 Å². The first-order valence-electron chi connectivity index (χ1n) is 19.1. The van der Waals surface area contributed by atoms with Crippen LogP contribution in [0, 0.1) is 0 Å². The number of amides is 1. The van der Waals surface area contributed by atoms with Gasteiger partial charge in [0, 0.05) is 6.42 Å². The van der Waals surface area contributed by atoms with Crippen molar-refractivity contribution >= 4 is 12.1 Å². The van der Waals surface area contributed by atoms with Crippen molar-refractivity contribution < 1.29 is 51.9 Å². The van der Waals surface area contributed by atoms with Crippen molar-refractivity contribution in [3.8, 4) is 0 Å². The van der Waals surface area contributed by atoms with Gasteiger partial charge in [-0.2, -0.15) is 0 Å². The monoisotopic (exact) mass is 795 g/mol. The van der Waals surface area contributed by atoms with Gasteiger partial charge in [-0.1, -0.05) is 152 Å². The van der Waals surface area contributed by atoms with Gasteiger partial charge in [0.1, 0.15) is 37.1 Å². The van der Waals surface area contributed by atoms with Gasteiger partial charge >= 0.3 is 12.1 Å². The molecule has 304 valence electrons. The molecule has 5 aromatic carbocycles. The molecule has 6 atom stereocenters. The van der Waals surface area contributed by atoms with Crippen LogP contribution in [-0.2, 0) is 66.3 Å². The van der Waals surface area contributed by atoms with Crippen molar-refractivity contribution in [3.63, 3.8) is 0 Å². The molecule has 0 aromatic heterocycles. The summed E-state index contributed by atoms with van der Waals surface area (Å²) >= 11 is 0. The second-order valence-corrected chi connectivity index (χ2v) is 13.9. The number of rotatable bonds is 20. The molecule has 10 nitrogen and oxygen atoms in total. The van der Waals surface area contributed by atoms with Crippen molar-refractivity contribution in [3.05, 3.63) is 179 Å². The number of nitrogens with one attached hydrogen (secondary N) is 1. The van der Waals surface area contributed by atoms with E-state index in [1.54, 1.807) is 54.6 Å². The number of aliphatic carboxylic acids is 1. The van der Waals surface area contributed by atoms with E-state index in [1.807, 2.05) is 97.1 Å². The predicted octanol–water partition coefficient (Wildman–Crippen LogP) is 8.13. The molecule has 58 heavy (non-hydrogen) atoms. The summed E-state index contributed by atoms with van der Waals surface area (Å²) in [5, 5.41) is 12.2. The Labute approximate surface area is 336 Å². The third-order valence-corrected chi connectivity index (χ3v) is 9.58. The van der Waals surface area contributed by atoms with Crippen LogP contribution in [-0.4, -0.2) is 66.3 Å². The van der Waals surface area contributed by atoms with Gasteiger partial charge in [0.05, 0.1) is 33.0 Å². The summed E-state index contributed by atoms with van der Waals surface area (Å²) in [4.78, 5) is 25.2. The van der Waals surface area contributed by atoms with E-state index in [1.165, 1.54) is 0 Å². The van der Waals surface area contributed by atoms with Gasteiger partial charge in [-0.15, -0.1) is 0 Å². The van der Waals surface area contributed by atoms with Crippen LogP contribution < -0.4 is 5.32 Å². The van der Waals surface area contributed by atoms with Gasteiger partial charge < -0.3 is 38.8 Å². The standard InChI is InChI=1S/C46H47F2NO9/c47-46(48,26-38(44(50)51)49-45(52)57-31-37-24-14-5-15-25-37)43-42(56-30-36-22-12-4-13-23-36)41(55-29-35-20-10-3-11-21-35)40(54-28-34-18-8-2-9-19-34)39(58-43)32-53-27-33-16-6-1-7-17-33/h1-25,38-43H,26-32H2,(H,49,52)(H,50,51)/t38-,39+,40-,41-,42+,43+/m0/s1. The molecule has 0 spiro atoms. The Kier molecular flexibility index (Phi) is 15.5. The third-order valence-electron chi connectivity index (χ3n) is 9.58. The molecule has 1 aliphatic rings. The lowest BCUT2D eigenvalue weighted by Crippen LogP contribution is -2.66. The maximum Gasteiger partial charge on any atom is 0.408 e. The molecule has 1 saturated heterocycles. The third kappa shape index (κ3) is 12.5. The van der Waals surface area contributed by atoms with Crippen LogP contribution in [0.5, 0.6) is 0 Å². The molecule has 1 aliphatic heterocycles. The zero-order valence-electron chi connectivity index (χ0n) is 31.8. The number of hydrogen-bond acceptors (Lipinski definition) is 8. The van der Waals surface area contributed by atoms with Crippen molar-refractivity contribution in [2.45, 2.75) is 81.9 Å². The maximum absolute atomic E-state index is 17.1. The Morgan fingerprint density at radius 2 is 0.983 bits per heavy atom. The number of carboxylic acid groups (broad SMARTS) is 1. The van der Waals surface area contributed by atoms with E-state index in [2.05, 4.69) is 5.32 Å². The molecule has 0 saturated carbocycles. The number of alkyl carbamates (subject to hydrolysis) is 1. The number of carboxylic acids is 1. The van der Waals surface area contributed by atoms with Crippen LogP contribution in [0.15, 0.2) is 152 Å². The van der Waals surface area contributed by atoms with Crippen LogP contribution in [0.25, 0.3) is 0 Å². The molecule has 1 amide bonds. The van der Waals surface area contributed by atoms with Crippen molar-refractivity contribution in [2.75, 3.05) is 6.61 Å². The summed E-state index contributed by atoms with van der Waals surface area (Å²) in [7, 11) is 0. The second kappa shape index (κ2) is 21.3. The van der Waals surface area contributed by atoms with Crippen molar-refractivity contribution in [1.29, 1.82) is 0 Å². The van der Waals surface area contributed by atoms with E-state index in [-0.39, 0.29) is 39.6 Å². The molecule has 0 bridgehead atoms. The first-order valence-corrected chi connectivity index (χ1v) is 19.1. The molecule has 1 heterocycles. The van der Waals surface area contributed by atoms with E-state index in [0.717, 1.165) is 16.7 Å². The number of carbonyl (C=O) groups excluding carboxylic acids is 1. The van der Waals surface area contributed by atoms with E-state index in [4.69, 9.17) is 28.4 Å². The SMILES string of the molecule is O=C(N[C@@H](CC(F)(F)[C@@H]1O[C@H](COCc2ccccc2)[C@H](OCc2ccccc2)[C@H](OCc2ccccc2)[C@H]1OCc1ccccc1)C(=O)O)OCc1ccccc1. The largest absolute Gasteiger partial charge is 0.480 e. The minimum atomic E-state index is -3.92. The minimum Gasteiger partial charge on any atom is -0.480 e. The molecule has 12 heteroatoms. The number of hydrogen-bond donors (Lipinski definition) is 2. The lowest BCUT2D eigenvalue weighted by Gasteiger charge is -2.48. The molecule has 0 radical (unpaired) electrons. The Bertz CT molecular complexity index is 1960. The second-order valence-electron chi connectivity index (χ2n) is 13.9. The lowest BCUT2D eigenvalue weighted by atomic mass is 9.88. The molecule has 5 aromatic rings. The van der Waals surface area contributed by atoms with Gasteiger partial charge in [0.2, 0.25) is 0 Å². The smallest absolute Gasteiger partial charge is 0.408 e. The highest BCUT2D eigenvalue weighted by Gasteiger charge is 2.58. The maximum atomic E-state index is 17.1. The van der Waals surface area contributed by atoms with Crippen LogP contribution in [0.2, 0.25) is 0 Å². The summed E-state index contributed by atoms with van der Waals surface area (Å²) in [5.41, 5.74) is 3.80. The molecule has 0 unspecified atom stereocenters. The van der Waals surface area contributed by atoms with Crippen LogP contribution in [0.1, 0.15) is 34.2 Å². The zero-order chi connectivity index (χ0) is 40.6. The Morgan fingerprint density at radius 1 is 0.586 bits per heavy atom. The quantitative estimate of drug-likeness (QED) is 0.0805. The van der Waals surface area contributed by atoms with Gasteiger partial charge in [0.25, 0.3) is 5.92 Å². The fourth-order valence-electron chi connectivity index (χ4n) is 6.62. The van der Waals surface area contributed by atoms with Crippen molar-refractivity contribution in [1.82, 2.24) is 5.32 Å². The van der Waals surface area contributed by atoms with E-state index < -0.39 is 61.0 Å². The molecular formula is C46H47F2NO9. The first-order chi connectivity index (χ1) is 28.2. The highest BCUT2D eigenvalue weighted by atomic mass is 19.3. The van der Waals surface area contributed by atoms with Gasteiger partial charge in [-0.3, -0.25) is 0 Å². The van der Waals surface area contributed by atoms with Gasteiger partial charge in [-0.25, -0.2) is 18.4 Å². The zero-order valence-corrected chi connectivity index (χ0v) is 31.8. The number of ether oxygens (including phenoxy) is 6. The van der Waals surface area contributed by atoms with E-state index in [9.17, 15) is 14.7 Å². The topological polar surface area (TPSA) is 122 Å². The number of benzene rings is 5. The summed E-state index contributed by atoms with van der Waals surface area (Å²) in [5.74, 6) is -5.61. The van der Waals surface area contributed by atoms with Crippen LogP contribution in [0.4, 0.5) is 13.6 Å². The Hall–Kier alpha value is -5.50. The van der Waals surface area contributed by atoms with Crippen LogP contribution >= 0.6 is 0 Å². The average molecular weight is 796 g/mol. The summed E-state index contributed by atoms with van der Waals surface area (Å²) in [6, 6.07) is 43.7. The normalized spacial score (nSPS) is 19.9. The first kappa shape index (κ1) is 42.1. The fraction of sp³-hybridized carbons (Fsp3) is 0.304. The number of halogens is 2. The summed E-state index contributed by atoms with van der Waals surface area (Å²) < 4.78 is 71.2. The summed E-state index contributed by atoms with van der Waals surface area (Å²) in [6.45, 7) is -0.190. The Morgan fingerprint density at radius 3 is 1.43 bits per heavy atom. The molecule has 1 fully saturated rings. The van der Waals surface area contributed by atoms with Crippen molar-refractivity contribution in [2.24, 2.45) is 0 Å². The van der Waals surface area contributed by atoms with Crippen LogP contribution in [0.3, 0.4) is 0 Å². The summed E-state index contributed by atoms with van der Waals surface area (Å²) in [6.07, 6.45) is -9.39. The highest BCUT2D eigenvalue weighted by molar-refractivity contribution is 5.80. The number of alkyl halides is 2. The molecular weight excluding hydrogens is 748 g/mol. The van der Waals surface area contributed by atoms with E-state index >= 15 is 8.78 Å². The fourth-order valence-corrected chi connectivity index (χ4v) is 6.62. The molecule has 6 rings (SSSR count). The average Bonchev–Trinajstić information content (AvgIpc) is 3.25. The van der Waals surface area contributed by atoms with Gasteiger partial charge in [0.15, 0.2) is 6.10 Å². The van der Waals surface area contributed by atoms with Gasteiger partial charge in [-0.05, 0) is 27.8 Å². The molecule has 0 aliphatic carbocycles. The number of carbonyl (C=O) groups is 2. The Balaban J connectivity index is 1.32. The minimum absolute atomic E-state index is 0.0182.